The molecule has 1 unspecified atom stereocenters. The number of likely N-dealkylation sites (N-methyl/N-ethyl adjacent to an activating group) is 1. The van der Waals surface area contributed by atoms with Gasteiger partial charge < -0.3 is 4.74 Å². The normalized spacial score (nSPS) is 18.4. The molecular formula is C19H19NOS. The van der Waals surface area contributed by atoms with Gasteiger partial charge in [0.15, 0.2) is 0 Å². The maximum atomic E-state index is 6.45. The first-order chi connectivity index (χ1) is 10.7. The van der Waals surface area contributed by atoms with Crippen molar-refractivity contribution in [3.8, 4) is 5.75 Å². The monoisotopic (exact) mass is 309 g/mol. The summed E-state index contributed by atoms with van der Waals surface area (Å²) >= 11 is 1.87. The minimum atomic E-state index is 0.123. The summed E-state index contributed by atoms with van der Waals surface area (Å²) in [5.41, 5.74) is 1.42. The molecule has 22 heavy (non-hydrogen) atoms. The first kappa shape index (κ1) is 13.8. The van der Waals surface area contributed by atoms with E-state index in [0.29, 0.717) is 0 Å². The fraction of sp³-hybridized carbons (Fsp3) is 0.263. The van der Waals surface area contributed by atoms with Crippen molar-refractivity contribution < 1.29 is 4.74 Å². The lowest BCUT2D eigenvalue weighted by Gasteiger charge is -2.30. The molecule has 3 heteroatoms. The Labute approximate surface area is 135 Å². The van der Waals surface area contributed by atoms with Crippen LogP contribution in [0.3, 0.4) is 0 Å². The number of benzene rings is 2. The predicted octanol–water partition coefficient (Wildman–Crippen LogP) is 4.78. The lowest BCUT2D eigenvalue weighted by molar-refractivity contribution is 0.134. The van der Waals surface area contributed by atoms with E-state index in [2.05, 4.69) is 67.4 Å². The van der Waals surface area contributed by atoms with Crippen LogP contribution in [0.25, 0.3) is 10.8 Å². The van der Waals surface area contributed by atoms with Gasteiger partial charge in [0.2, 0.25) is 0 Å². The number of ether oxygens (including phenoxy) is 1. The molecule has 2 nitrogen and oxygen atoms in total. The van der Waals surface area contributed by atoms with E-state index in [1.807, 2.05) is 11.3 Å². The second-order valence-electron chi connectivity index (χ2n) is 6.03. The van der Waals surface area contributed by atoms with Crippen molar-refractivity contribution in [3.63, 3.8) is 0 Å². The van der Waals surface area contributed by atoms with Crippen molar-refractivity contribution in [3.05, 3.63) is 63.8 Å². The number of nitrogens with zero attached hydrogens (tertiary/aromatic N) is 1. The SMILES string of the molecule is Cc1cc2c(s1)C(Oc1cccc3ccccc13)CN(C)C2. The second kappa shape index (κ2) is 5.41. The molecule has 4 rings (SSSR count). The molecule has 112 valence electrons. The smallest absolute Gasteiger partial charge is 0.146 e. The van der Waals surface area contributed by atoms with Gasteiger partial charge in [-0.1, -0.05) is 36.4 Å². The van der Waals surface area contributed by atoms with Crippen LogP contribution >= 0.6 is 11.3 Å². The van der Waals surface area contributed by atoms with Gasteiger partial charge in [0, 0.05) is 23.4 Å². The van der Waals surface area contributed by atoms with Crippen molar-refractivity contribution >= 4 is 22.1 Å². The van der Waals surface area contributed by atoms with Crippen molar-refractivity contribution in [2.24, 2.45) is 0 Å². The van der Waals surface area contributed by atoms with Crippen LogP contribution in [0.1, 0.15) is 21.4 Å². The first-order valence-electron chi connectivity index (χ1n) is 7.63. The molecule has 1 aliphatic rings. The Morgan fingerprint density at radius 3 is 2.86 bits per heavy atom. The highest BCUT2D eigenvalue weighted by molar-refractivity contribution is 7.12. The van der Waals surface area contributed by atoms with Crippen molar-refractivity contribution in [2.75, 3.05) is 13.6 Å². The molecule has 0 radical (unpaired) electrons. The van der Waals surface area contributed by atoms with Crippen molar-refractivity contribution in [1.82, 2.24) is 4.90 Å². The van der Waals surface area contributed by atoms with Crippen LogP contribution in [0.2, 0.25) is 0 Å². The van der Waals surface area contributed by atoms with Crippen LogP contribution in [0.5, 0.6) is 5.75 Å². The van der Waals surface area contributed by atoms with Crippen LogP contribution in [0.15, 0.2) is 48.5 Å². The zero-order valence-corrected chi connectivity index (χ0v) is 13.7. The Morgan fingerprint density at radius 2 is 1.95 bits per heavy atom. The van der Waals surface area contributed by atoms with Crippen LogP contribution in [0, 0.1) is 6.92 Å². The molecule has 0 saturated heterocycles. The standard InChI is InChI=1S/C19H19NOS/c1-13-10-15-11-20(2)12-18(19(15)22-13)21-17-9-5-7-14-6-3-4-8-16(14)17/h3-10,18H,11-12H2,1-2H3. The van der Waals surface area contributed by atoms with Gasteiger partial charge in [0.1, 0.15) is 11.9 Å². The molecule has 2 aromatic carbocycles. The lowest BCUT2D eigenvalue weighted by Crippen LogP contribution is -2.31. The zero-order valence-electron chi connectivity index (χ0n) is 12.9. The molecule has 0 aliphatic carbocycles. The number of rotatable bonds is 2. The highest BCUT2D eigenvalue weighted by Gasteiger charge is 2.27. The number of hydrogen-bond donors (Lipinski definition) is 0. The third kappa shape index (κ3) is 2.40. The minimum absolute atomic E-state index is 0.123. The summed E-state index contributed by atoms with van der Waals surface area (Å²) in [6, 6.07) is 17.0. The quantitative estimate of drug-likeness (QED) is 0.676. The molecule has 0 amide bonds. The highest BCUT2D eigenvalue weighted by atomic mass is 32.1. The van der Waals surface area contributed by atoms with Gasteiger partial charge in [-0.3, -0.25) is 4.90 Å². The summed E-state index contributed by atoms with van der Waals surface area (Å²) in [6.45, 7) is 4.14. The van der Waals surface area contributed by atoms with E-state index in [1.54, 1.807) is 0 Å². The summed E-state index contributed by atoms with van der Waals surface area (Å²) in [5, 5.41) is 2.42. The molecule has 0 saturated carbocycles. The molecule has 0 spiro atoms. The van der Waals surface area contributed by atoms with Crippen LogP contribution in [0.4, 0.5) is 0 Å². The Morgan fingerprint density at radius 1 is 1.14 bits per heavy atom. The van der Waals surface area contributed by atoms with Crippen LogP contribution in [-0.4, -0.2) is 18.5 Å². The van der Waals surface area contributed by atoms with Gasteiger partial charge in [-0.05, 0) is 37.1 Å². The van der Waals surface area contributed by atoms with Gasteiger partial charge >= 0.3 is 0 Å². The largest absolute Gasteiger partial charge is 0.483 e. The number of aryl methyl sites for hydroxylation is 1. The third-order valence-electron chi connectivity index (χ3n) is 4.19. The summed E-state index contributed by atoms with van der Waals surface area (Å²) in [5.74, 6) is 0.982. The van der Waals surface area contributed by atoms with Gasteiger partial charge in [-0.15, -0.1) is 11.3 Å². The molecule has 0 fully saturated rings. The zero-order chi connectivity index (χ0) is 15.1. The van der Waals surface area contributed by atoms with E-state index in [0.717, 1.165) is 18.8 Å². The maximum absolute atomic E-state index is 6.45. The van der Waals surface area contributed by atoms with Gasteiger partial charge in [-0.2, -0.15) is 0 Å². The van der Waals surface area contributed by atoms with Gasteiger partial charge in [-0.25, -0.2) is 0 Å². The third-order valence-corrected chi connectivity index (χ3v) is 5.38. The summed E-state index contributed by atoms with van der Waals surface area (Å²) in [6.07, 6.45) is 0.123. The number of hydrogen-bond acceptors (Lipinski definition) is 3. The topological polar surface area (TPSA) is 12.5 Å². The maximum Gasteiger partial charge on any atom is 0.146 e. The Bertz CT molecular complexity index is 818. The Balaban J connectivity index is 1.73. The molecule has 2 heterocycles. The molecule has 1 aliphatic heterocycles. The minimum Gasteiger partial charge on any atom is -0.483 e. The van der Waals surface area contributed by atoms with E-state index in [4.69, 9.17) is 4.74 Å². The first-order valence-corrected chi connectivity index (χ1v) is 8.44. The number of fused-ring (bicyclic) bond motifs is 2. The van der Waals surface area contributed by atoms with Crippen LogP contribution in [-0.2, 0) is 6.54 Å². The average Bonchev–Trinajstić information content (AvgIpc) is 2.88. The van der Waals surface area contributed by atoms with E-state index >= 15 is 0 Å². The van der Waals surface area contributed by atoms with Gasteiger partial charge in [0.05, 0.1) is 4.88 Å². The fourth-order valence-electron chi connectivity index (χ4n) is 3.24. The van der Waals surface area contributed by atoms with Crippen LogP contribution < -0.4 is 4.74 Å². The van der Waals surface area contributed by atoms with Crippen molar-refractivity contribution in [2.45, 2.75) is 19.6 Å². The summed E-state index contributed by atoms with van der Waals surface area (Å²) in [7, 11) is 2.16. The average molecular weight is 309 g/mol. The van der Waals surface area contributed by atoms with E-state index < -0.39 is 0 Å². The Kier molecular flexibility index (Phi) is 3.40. The van der Waals surface area contributed by atoms with E-state index in [1.165, 1.54) is 26.1 Å². The van der Waals surface area contributed by atoms with Gasteiger partial charge in [0.25, 0.3) is 0 Å². The molecule has 0 N–H and O–H groups in total. The van der Waals surface area contributed by atoms with Crippen molar-refractivity contribution in [1.29, 1.82) is 0 Å². The molecule has 1 aromatic heterocycles. The molecule has 3 aromatic rings. The highest BCUT2D eigenvalue weighted by Crippen LogP contribution is 2.37. The van der Waals surface area contributed by atoms with E-state index in [-0.39, 0.29) is 6.10 Å². The molecular weight excluding hydrogens is 290 g/mol. The van der Waals surface area contributed by atoms with E-state index in [9.17, 15) is 0 Å². The Hall–Kier alpha value is -1.84. The summed E-state index contributed by atoms with van der Waals surface area (Å²) in [4.78, 5) is 5.10. The summed E-state index contributed by atoms with van der Waals surface area (Å²) < 4.78 is 6.45. The second-order valence-corrected chi connectivity index (χ2v) is 7.31. The fourth-order valence-corrected chi connectivity index (χ4v) is 4.30. The number of thiophene rings is 1. The molecule has 1 atom stereocenters. The molecule has 0 bridgehead atoms. The lowest BCUT2D eigenvalue weighted by atomic mass is 10.1. The predicted molar refractivity (Wildman–Crippen MR) is 92.7 cm³/mol.